The number of halogens is 2. The molecule has 6 rings (SSSR count). The van der Waals surface area contributed by atoms with E-state index in [1.807, 2.05) is 72.8 Å². The van der Waals surface area contributed by atoms with Crippen molar-refractivity contribution in [1.29, 1.82) is 0 Å². The standard InChI is InChI=1S/C30H26Br2N4O2/c31-21-10-6-9-20(15-21)26-17-25(34-36(26)27(37)18-35-13-4-5-14-35)29-28(19-7-2-1-3-8-19)23-16-22(32)11-12-24(23)33-30(29)38/h1-3,6-12,15-16,26H,4-5,13-14,17-18H2,(H,33,38)/t26-/m0/s1. The first kappa shape index (κ1) is 25.2. The number of pyridine rings is 1. The monoisotopic (exact) mass is 632 g/mol. The summed E-state index contributed by atoms with van der Waals surface area (Å²) in [6.07, 6.45) is 2.67. The maximum atomic E-state index is 13.7. The maximum absolute atomic E-state index is 13.7. The number of hydrogen-bond donors (Lipinski definition) is 1. The molecule has 0 saturated carbocycles. The van der Waals surface area contributed by atoms with Crippen molar-refractivity contribution in [2.75, 3.05) is 19.6 Å². The molecule has 1 amide bonds. The maximum Gasteiger partial charge on any atom is 0.258 e. The lowest BCUT2D eigenvalue weighted by atomic mass is 9.91. The number of carbonyl (C=O) groups is 1. The third-order valence-corrected chi connectivity index (χ3v) is 8.27. The lowest BCUT2D eigenvalue weighted by molar-refractivity contribution is -0.134. The Bertz CT molecular complexity index is 1610. The zero-order valence-corrected chi connectivity index (χ0v) is 23.8. The highest BCUT2D eigenvalue weighted by Gasteiger charge is 2.36. The molecular formula is C30H26Br2N4O2. The first-order valence-electron chi connectivity index (χ1n) is 12.8. The molecule has 8 heteroatoms. The van der Waals surface area contributed by atoms with Crippen LogP contribution in [-0.2, 0) is 4.79 Å². The second kappa shape index (κ2) is 10.6. The molecule has 2 aliphatic rings. The summed E-state index contributed by atoms with van der Waals surface area (Å²) in [7, 11) is 0. The van der Waals surface area contributed by atoms with Gasteiger partial charge in [-0.3, -0.25) is 14.5 Å². The number of fused-ring (bicyclic) bond motifs is 1. The molecule has 1 N–H and O–H groups in total. The van der Waals surface area contributed by atoms with Crippen LogP contribution in [0.5, 0.6) is 0 Å². The SMILES string of the molecule is O=C(CN1CCCC1)N1N=C(c2c(-c3ccccc3)c3cc(Br)ccc3[nH]c2=O)C[C@H]1c1cccc(Br)c1. The summed E-state index contributed by atoms with van der Waals surface area (Å²) in [6.45, 7) is 2.18. The minimum absolute atomic E-state index is 0.0481. The minimum atomic E-state index is -0.293. The predicted octanol–water partition coefficient (Wildman–Crippen LogP) is 6.49. The first-order valence-corrected chi connectivity index (χ1v) is 14.4. The summed E-state index contributed by atoms with van der Waals surface area (Å²) in [4.78, 5) is 32.5. The molecule has 0 bridgehead atoms. The molecule has 38 heavy (non-hydrogen) atoms. The number of carbonyl (C=O) groups excluding carboxylic acids is 1. The molecule has 0 spiro atoms. The summed E-state index contributed by atoms with van der Waals surface area (Å²) in [5, 5.41) is 7.42. The van der Waals surface area contributed by atoms with Gasteiger partial charge in [0.1, 0.15) is 0 Å². The van der Waals surface area contributed by atoms with Crippen LogP contribution in [0.25, 0.3) is 22.0 Å². The van der Waals surface area contributed by atoms with Crippen molar-refractivity contribution in [2.24, 2.45) is 5.10 Å². The van der Waals surface area contributed by atoms with Crippen molar-refractivity contribution in [2.45, 2.75) is 25.3 Å². The average Bonchev–Trinajstić information content (AvgIpc) is 3.59. The Morgan fingerprint density at radius 1 is 0.921 bits per heavy atom. The van der Waals surface area contributed by atoms with Crippen molar-refractivity contribution in [1.82, 2.24) is 14.9 Å². The molecule has 3 heterocycles. The highest BCUT2D eigenvalue weighted by Crippen LogP contribution is 2.38. The smallest absolute Gasteiger partial charge is 0.258 e. The number of benzene rings is 3. The van der Waals surface area contributed by atoms with Gasteiger partial charge in [-0.15, -0.1) is 0 Å². The van der Waals surface area contributed by atoms with Gasteiger partial charge in [-0.2, -0.15) is 5.10 Å². The molecule has 1 fully saturated rings. The number of aromatic amines is 1. The van der Waals surface area contributed by atoms with Crippen LogP contribution in [0.15, 0.2) is 91.6 Å². The van der Waals surface area contributed by atoms with Crippen LogP contribution in [-0.4, -0.2) is 46.1 Å². The Labute approximate surface area is 237 Å². The van der Waals surface area contributed by atoms with E-state index in [0.717, 1.165) is 62.5 Å². The van der Waals surface area contributed by atoms with Gasteiger partial charge in [0.05, 0.1) is 23.9 Å². The Morgan fingerprint density at radius 2 is 1.68 bits per heavy atom. The lowest BCUT2D eigenvalue weighted by Gasteiger charge is -2.24. The fourth-order valence-electron chi connectivity index (χ4n) is 5.51. The van der Waals surface area contributed by atoms with E-state index in [1.165, 1.54) is 0 Å². The summed E-state index contributed by atoms with van der Waals surface area (Å²) in [5.41, 5.74) is 4.41. The average molecular weight is 634 g/mol. The molecule has 6 nitrogen and oxygen atoms in total. The Kier molecular flexibility index (Phi) is 7.03. The quantitative estimate of drug-likeness (QED) is 0.273. The fourth-order valence-corrected chi connectivity index (χ4v) is 6.29. The van der Waals surface area contributed by atoms with Crippen molar-refractivity contribution in [3.05, 3.63) is 103 Å². The van der Waals surface area contributed by atoms with E-state index in [-0.39, 0.29) is 17.5 Å². The second-order valence-corrected chi connectivity index (χ2v) is 11.6. The molecular weight excluding hydrogens is 608 g/mol. The number of aromatic nitrogens is 1. The van der Waals surface area contributed by atoms with E-state index in [0.29, 0.717) is 24.2 Å². The van der Waals surface area contributed by atoms with Crippen LogP contribution in [0.1, 0.15) is 36.4 Å². The molecule has 0 aliphatic carbocycles. The summed E-state index contributed by atoms with van der Waals surface area (Å²) < 4.78 is 1.86. The van der Waals surface area contributed by atoms with Crippen LogP contribution in [0.3, 0.4) is 0 Å². The van der Waals surface area contributed by atoms with E-state index >= 15 is 0 Å². The predicted molar refractivity (Wildman–Crippen MR) is 158 cm³/mol. The van der Waals surface area contributed by atoms with Gasteiger partial charge in [0.2, 0.25) is 0 Å². The van der Waals surface area contributed by atoms with E-state index in [1.54, 1.807) is 5.01 Å². The van der Waals surface area contributed by atoms with Crippen molar-refractivity contribution in [3.8, 4) is 11.1 Å². The largest absolute Gasteiger partial charge is 0.321 e. The van der Waals surface area contributed by atoms with Gasteiger partial charge in [-0.25, -0.2) is 5.01 Å². The summed E-state index contributed by atoms with van der Waals surface area (Å²) in [6, 6.07) is 23.5. The van der Waals surface area contributed by atoms with Crippen molar-refractivity contribution < 1.29 is 4.79 Å². The summed E-state index contributed by atoms with van der Waals surface area (Å²) in [5.74, 6) is -0.0481. The topological polar surface area (TPSA) is 68.8 Å². The first-order chi connectivity index (χ1) is 18.5. The van der Waals surface area contributed by atoms with Crippen LogP contribution in [0, 0.1) is 0 Å². The van der Waals surface area contributed by atoms with Crippen molar-refractivity contribution >= 4 is 54.4 Å². The fraction of sp³-hybridized carbons (Fsp3) is 0.233. The van der Waals surface area contributed by atoms with Gasteiger partial charge in [0.25, 0.3) is 11.5 Å². The molecule has 192 valence electrons. The minimum Gasteiger partial charge on any atom is -0.321 e. The molecule has 1 saturated heterocycles. The normalized spacial score (nSPS) is 17.8. The number of H-pyrrole nitrogens is 1. The number of hydrogen-bond acceptors (Lipinski definition) is 4. The van der Waals surface area contributed by atoms with Crippen LogP contribution < -0.4 is 5.56 Å². The number of rotatable bonds is 5. The van der Waals surface area contributed by atoms with E-state index in [2.05, 4.69) is 41.7 Å². The van der Waals surface area contributed by atoms with Gasteiger partial charge in [-0.1, -0.05) is 74.3 Å². The highest BCUT2D eigenvalue weighted by atomic mass is 79.9. The van der Waals surface area contributed by atoms with Gasteiger partial charge >= 0.3 is 0 Å². The van der Waals surface area contributed by atoms with Gasteiger partial charge in [0, 0.05) is 31.8 Å². The highest BCUT2D eigenvalue weighted by molar-refractivity contribution is 9.10. The Hall–Kier alpha value is -3.07. The van der Waals surface area contributed by atoms with Crippen LogP contribution in [0.4, 0.5) is 0 Å². The third kappa shape index (κ3) is 4.88. The van der Waals surface area contributed by atoms with Gasteiger partial charge in [-0.05, 0) is 67.4 Å². The molecule has 2 aliphatic heterocycles. The molecule has 0 unspecified atom stereocenters. The van der Waals surface area contributed by atoms with Crippen LogP contribution >= 0.6 is 31.9 Å². The number of nitrogens with one attached hydrogen (secondary N) is 1. The molecule has 3 aromatic carbocycles. The zero-order chi connectivity index (χ0) is 26.2. The Morgan fingerprint density at radius 3 is 2.45 bits per heavy atom. The second-order valence-electron chi connectivity index (χ2n) is 9.80. The number of likely N-dealkylation sites (tertiary alicyclic amines) is 1. The molecule has 4 aromatic rings. The number of hydrazone groups is 1. The molecule has 0 radical (unpaired) electrons. The summed E-state index contributed by atoms with van der Waals surface area (Å²) >= 11 is 7.17. The molecule has 1 aromatic heterocycles. The van der Waals surface area contributed by atoms with E-state index in [9.17, 15) is 9.59 Å². The van der Waals surface area contributed by atoms with Gasteiger partial charge < -0.3 is 4.98 Å². The zero-order valence-electron chi connectivity index (χ0n) is 20.7. The lowest BCUT2D eigenvalue weighted by Crippen LogP contribution is -2.36. The number of amides is 1. The molecule has 1 atom stereocenters. The van der Waals surface area contributed by atoms with Crippen molar-refractivity contribution in [3.63, 3.8) is 0 Å². The van der Waals surface area contributed by atoms with Crippen LogP contribution in [0.2, 0.25) is 0 Å². The van der Waals surface area contributed by atoms with E-state index in [4.69, 9.17) is 5.10 Å². The third-order valence-electron chi connectivity index (χ3n) is 7.28. The Balaban J connectivity index is 1.51. The van der Waals surface area contributed by atoms with E-state index < -0.39 is 0 Å². The number of nitrogens with zero attached hydrogens (tertiary/aromatic N) is 3. The van der Waals surface area contributed by atoms with Gasteiger partial charge in [0.15, 0.2) is 0 Å².